The molecule has 0 heterocycles. The van der Waals surface area contributed by atoms with Crippen molar-refractivity contribution in [2.75, 3.05) is 0 Å². The van der Waals surface area contributed by atoms with E-state index in [0.717, 1.165) is 43.8 Å². The third-order valence-corrected chi connectivity index (χ3v) is 5.13. The molecule has 1 heteroatoms. The SMILES string of the molecule is C=C(/C=C\C=C/C)c1ccc(C(/C=c2/ccc(-c3ccc(F)cc3)cc2=C)=C/C)cc1. The predicted octanol–water partition coefficient (Wildman–Crippen LogP) is 6.93. The molecule has 0 amide bonds. The lowest BCUT2D eigenvalue weighted by atomic mass is 9.98. The van der Waals surface area contributed by atoms with Crippen molar-refractivity contribution in [2.45, 2.75) is 13.8 Å². The maximum atomic E-state index is 13.2. The van der Waals surface area contributed by atoms with E-state index in [-0.39, 0.29) is 5.82 Å². The first-order valence-corrected chi connectivity index (χ1v) is 10.3. The van der Waals surface area contributed by atoms with Crippen LogP contribution in [0.3, 0.4) is 0 Å². The highest BCUT2D eigenvalue weighted by atomic mass is 19.1. The molecular formula is C30H27F. The summed E-state index contributed by atoms with van der Waals surface area (Å²) in [5.41, 5.74) is 6.34. The minimum absolute atomic E-state index is 0.232. The number of hydrogen-bond donors (Lipinski definition) is 0. The smallest absolute Gasteiger partial charge is 0.123 e. The van der Waals surface area contributed by atoms with Crippen molar-refractivity contribution in [1.29, 1.82) is 0 Å². The van der Waals surface area contributed by atoms with E-state index in [0.29, 0.717) is 0 Å². The molecule has 0 bridgehead atoms. The Kier molecular flexibility index (Phi) is 7.35. The number of allylic oxidation sites excluding steroid dienone is 7. The fraction of sp³-hybridized carbons (Fsp3) is 0.0667. The van der Waals surface area contributed by atoms with Gasteiger partial charge in [-0.15, -0.1) is 0 Å². The van der Waals surface area contributed by atoms with Gasteiger partial charge < -0.3 is 0 Å². The van der Waals surface area contributed by atoms with Crippen molar-refractivity contribution >= 4 is 23.8 Å². The zero-order chi connectivity index (χ0) is 22.2. The van der Waals surface area contributed by atoms with Crippen molar-refractivity contribution in [3.63, 3.8) is 0 Å². The summed E-state index contributed by atoms with van der Waals surface area (Å²) in [6.07, 6.45) is 12.2. The van der Waals surface area contributed by atoms with Gasteiger partial charge in [-0.1, -0.05) is 92.1 Å². The Labute approximate surface area is 184 Å². The first kappa shape index (κ1) is 22.0. The second-order valence-electron chi connectivity index (χ2n) is 7.30. The van der Waals surface area contributed by atoms with Crippen LogP contribution in [0.25, 0.3) is 34.9 Å². The Hall–Kier alpha value is -3.71. The Morgan fingerprint density at radius 3 is 2.06 bits per heavy atom. The van der Waals surface area contributed by atoms with E-state index in [1.54, 1.807) is 12.1 Å². The van der Waals surface area contributed by atoms with Crippen LogP contribution in [0.1, 0.15) is 25.0 Å². The molecule has 0 saturated carbocycles. The summed E-state index contributed by atoms with van der Waals surface area (Å²) in [4.78, 5) is 0. The lowest BCUT2D eigenvalue weighted by Crippen LogP contribution is -2.22. The van der Waals surface area contributed by atoms with Gasteiger partial charge in [0.2, 0.25) is 0 Å². The topological polar surface area (TPSA) is 0 Å². The number of halogens is 1. The highest BCUT2D eigenvalue weighted by Gasteiger charge is 2.02. The lowest BCUT2D eigenvalue weighted by Gasteiger charge is -2.06. The van der Waals surface area contributed by atoms with E-state index in [4.69, 9.17) is 0 Å². The lowest BCUT2D eigenvalue weighted by molar-refractivity contribution is 0.628. The van der Waals surface area contributed by atoms with E-state index in [9.17, 15) is 4.39 Å². The van der Waals surface area contributed by atoms with Crippen LogP contribution in [0, 0.1) is 5.82 Å². The number of hydrogen-bond acceptors (Lipinski definition) is 0. The molecule has 0 saturated heterocycles. The van der Waals surface area contributed by atoms with Gasteiger partial charge >= 0.3 is 0 Å². The van der Waals surface area contributed by atoms with E-state index < -0.39 is 0 Å². The molecule has 0 atom stereocenters. The van der Waals surface area contributed by atoms with Crippen LogP contribution in [0.5, 0.6) is 0 Å². The fourth-order valence-electron chi connectivity index (χ4n) is 3.33. The molecule has 3 rings (SSSR count). The molecule has 0 aliphatic heterocycles. The molecule has 0 unspecified atom stereocenters. The molecule has 0 radical (unpaired) electrons. The number of rotatable bonds is 6. The molecule has 0 aliphatic rings. The van der Waals surface area contributed by atoms with Crippen LogP contribution >= 0.6 is 0 Å². The maximum absolute atomic E-state index is 13.2. The molecule has 3 aromatic carbocycles. The summed E-state index contributed by atoms with van der Waals surface area (Å²) < 4.78 is 13.2. The van der Waals surface area contributed by atoms with Gasteiger partial charge in [0.05, 0.1) is 0 Å². The summed E-state index contributed by atoms with van der Waals surface area (Å²) in [6.45, 7) is 12.4. The van der Waals surface area contributed by atoms with Crippen LogP contribution in [-0.4, -0.2) is 0 Å². The minimum Gasteiger partial charge on any atom is -0.207 e. The van der Waals surface area contributed by atoms with E-state index in [2.05, 4.69) is 55.6 Å². The quantitative estimate of drug-likeness (QED) is 0.389. The second kappa shape index (κ2) is 10.4. The van der Waals surface area contributed by atoms with Crippen molar-refractivity contribution in [2.24, 2.45) is 0 Å². The van der Waals surface area contributed by atoms with Gasteiger partial charge in [-0.25, -0.2) is 4.39 Å². The largest absolute Gasteiger partial charge is 0.207 e. The first-order valence-electron chi connectivity index (χ1n) is 10.3. The Balaban J connectivity index is 1.87. The van der Waals surface area contributed by atoms with Crippen molar-refractivity contribution in [3.05, 3.63) is 131 Å². The van der Waals surface area contributed by atoms with E-state index >= 15 is 0 Å². The molecule has 0 aliphatic carbocycles. The Morgan fingerprint density at radius 1 is 0.806 bits per heavy atom. The van der Waals surface area contributed by atoms with Crippen LogP contribution < -0.4 is 10.4 Å². The van der Waals surface area contributed by atoms with E-state index in [1.165, 1.54) is 12.1 Å². The monoisotopic (exact) mass is 406 g/mol. The third-order valence-electron chi connectivity index (χ3n) is 5.13. The molecule has 3 aromatic rings. The fourth-order valence-corrected chi connectivity index (χ4v) is 3.33. The van der Waals surface area contributed by atoms with Crippen LogP contribution in [0.15, 0.2) is 104 Å². The third kappa shape index (κ3) is 5.67. The molecule has 0 nitrogen and oxygen atoms in total. The highest BCUT2D eigenvalue weighted by Crippen LogP contribution is 2.21. The van der Waals surface area contributed by atoms with E-state index in [1.807, 2.05) is 50.3 Å². The first-order chi connectivity index (χ1) is 15.0. The van der Waals surface area contributed by atoms with Gasteiger partial charge in [0, 0.05) is 0 Å². The standard InChI is InChI=1S/C30H27F/c1-5-7-8-9-22(3)25-10-12-26(13-11-25)24(6-2)21-28-14-15-29(20-23(28)4)27-16-18-30(31)19-17-27/h5-21H,3-4H2,1-2H3/b7-5-,9-8-,24-6+,28-21-. The predicted molar refractivity (Wildman–Crippen MR) is 134 cm³/mol. The summed E-state index contributed by atoms with van der Waals surface area (Å²) in [5.74, 6) is -0.232. The van der Waals surface area contributed by atoms with Gasteiger partial charge in [-0.05, 0) is 82.0 Å². The number of benzene rings is 3. The minimum atomic E-state index is -0.232. The average Bonchev–Trinajstić information content (AvgIpc) is 2.79. The molecule has 0 fully saturated rings. The Morgan fingerprint density at radius 2 is 1.45 bits per heavy atom. The van der Waals surface area contributed by atoms with Crippen molar-refractivity contribution in [1.82, 2.24) is 0 Å². The van der Waals surface area contributed by atoms with Gasteiger partial charge in [0.25, 0.3) is 0 Å². The maximum Gasteiger partial charge on any atom is 0.123 e. The highest BCUT2D eigenvalue weighted by molar-refractivity contribution is 5.89. The molecule has 0 N–H and O–H groups in total. The summed E-state index contributed by atoms with van der Waals surface area (Å²) >= 11 is 0. The molecular weight excluding hydrogens is 379 g/mol. The summed E-state index contributed by atoms with van der Waals surface area (Å²) in [6, 6.07) is 21.1. The zero-order valence-corrected chi connectivity index (χ0v) is 18.1. The van der Waals surface area contributed by atoms with Gasteiger partial charge in [0.1, 0.15) is 5.82 Å². The Bertz CT molecular complexity index is 1250. The summed E-state index contributed by atoms with van der Waals surface area (Å²) in [5, 5.41) is 1.99. The van der Waals surface area contributed by atoms with Gasteiger partial charge in [0.15, 0.2) is 0 Å². The molecule has 0 aromatic heterocycles. The van der Waals surface area contributed by atoms with Crippen molar-refractivity contribution < 1.29 is 4.39 Å². The van der Waals surface area contributed by atoms with Crippen LogP contribution in [0.2, 0.25) is 0 Å². The van der Waals surface area contributed by atoms with Gasteiger partial charge in [-0.3, -0.25) is 0 Å². The molecule has 0 spiro atoms. The summed E-state index contributed by atoms with van der Waals surface area (Å²) in [7, 11) is 0. The normalized spacial score (nSPS) is 12.7. The zero-order valence-electron chi connectivity index (χ0n) is 18.1. The average molecular weight is 407 g/mol. The molecule has 154 valence electrons. The van der Waals surface area contributed by atoms with Crippen molar-refractivity contribution in [3.8, 4) is 11.1 Å². The second-order valence-corrected chi connectivity index (χ2v) is 7.30. The van der Waals surface area contributed by atoms with Crippen LogP contribution in [0.4, 0.5) is 4.39 Å². The van der Waals surface area contributed by atoms with Gasteiger partial charge in [-0.2, -0.15) is 0 Å². The molecule has 31 heavy (non-hydrogen) atoms. The van der Waals surface area contributed by atoms with Crippen LogP contribution in [-0.2, 0) is 0 Å².